The number of likely N-dealkylation sites (N-methyl/N-ethyl adjacent to an activating group) is 1. The van der Waals surface area contributed by atoms with Crippen LogP contribution in [0.1, 0.15) is 42.6 Å². The monoisotopic (exact) mass is 300 g/mol. The highest BCUT2D eigenvalue weighted by Crippen LogP contribution is 2.15. The van der Waals surface area contributed by atoms with Gasteiger partial charge in [-0.1, -0.05) is 24.3 Å². The lowest BCUT2D eigenvalue weighted by Gasteiger charge is -2.21. The van der Waals surface area contributed by atoms with Crippen LogP contribution in [-0.2, 0) is 11.3 Å². The van der Waals surface area contributed by atoms with Gasteiger partial charge >= 0.3 is 0 Å². The van der Waals surface area contributed by atoms with Crippen molar-refractivity contribution in [1.29, 1.82) is 0 Å². The highest BCUT2D eigenvalue weighted by atomic mass is 16.2. The fourth-order valence-electron chi connectivity index (χ4n) is 2.68. The zero-order valence-electron chi connectivity index (χ0n) is 13.5. The summed E-state index contributed by atoms with van der Waals surface area (Å²) in [5.41, 5.74) is 2.72. The first kappa shape index (κ1) is 16.3. The Morgan fingerprint density at radius 1 is 1.32 bits per heavy atom. The Bertz CT molecular complexity index is 563. The van der Waals surface area contributed by atoms with E-state index in [2.05, 4.69) is 6.58 Å². The molecule has 0 bridgehead atoms. The van der Waals surface area contributed by atoms with Crippen molar-refractivity contribution in [3.63, 3.8) is 0 Å². The lowest BCUT2D eigenvalue weighted by molar-refractivity contribution is -0.128. The number of amides is 2. The quantitative estimate of drug-likeness (QED) is 0.758. The molecule has 0 radical (unpaired) electrons. The summed E-state index contributed by atoms with van der Waals surface area (Å²) in [7, 11) is 0. The van der Waals surface area contributed by atoms with Crippen LogP contribution in [0.25, 0.3) is 0 Å². The van der Waals surface area contributed by atoms with E-state index >= 15 is 0 Å². The van der Waals surface area contributed by atoms with Crippen molar-refractivity contribution in [2.24, 2.45) is 0 Å². The molecule has 0 aliphatic carbocycles. The maximum Gasteiger partial charge on any atom is 0.254 e. The fraction of sp³-hybridized carbons (Fsp3) is 0.444. The normalized spacial score (nSPS) is 14.3. The Kier molecular flexibility index (Phi) is 5.36. The highest BCUT2D eigenvalue weighted by Gasteiger charge is 2.20. The summed E-state index contributed by atoms with van der Waals surface area (Å²) in [5.74, 6) is 0.244. The van der Waals surface area contributed by atoms with Gasteiger partial charge in [-0.3, -0.25) is 9.59 Å². The van der Waals surface area contributed by atoms with E-state index in [0.717, 1.165) is 24.1 Å². The van der Waals surface area contributed by atoms with Crippen LogP contribution in [0.4, 0.5) is 0 Å². The van der Waals surface area contributed by atoms with Gasteiger partial charge in [-0.15, -0.1) is 0 Å². The number of hydrogen-bond donors (Lipinski definition) is 0. The number of rotatable bonds is 6. The van der Waals surface area contributed by atoms with Crippen LogP contribution in [0.15, 0.2) is 36.4 Å². The third kappa shape index (κ3) is 3.97. The Morgan fingerprint density at radius 3 is 2.50 bits per heavy atom. The SMILES string of the molecule is C=C(C)CN(CC)C(=O)c1ccc(CN2CCCC2=O)cc1. The minimum atomic E-state index is 0.0225. The number of carbonyl (C=O) groups is 2. The molecule has 22 heavy (non-hydrogen) atoms. The first-order valence-electron chi connectivity index (χ1n) is 7.81. The standard InChI is InChI=1S/C18H24N2O2/c1-4-19(12-14(2)3)18(22)16-9-7-15(8-10-16)13-20-11-5-6-17(20)21/h7-10H,2,4-6,11-13H2,1,3H3. The lowest BCUT2D eigenvalue weighted by atomic mass is 10.1. The van der Waals surface area contributed by atoms with Crippen molar-refractivity contribution in [3.05, 3.63) is 47.5 Å². The van der Waals surface area contributed by atoms with E-state index in [-0.39, 0.29) is 11.8 Å². The number of hydrogen-bond acceptors (Lipinski definition) is 2. The molecule has 0 spiro atoms. The summed E-state index contributed by atoms with van der Waals surface area (Å²) < 4.78 is 0. The molecule has 1 aromatic carbocycles. The summed E-state index contributed by atoms with van der Waals surface area (Å²) in [6.07, 6.45) is 1.60. The molecular formula is C18H24N2O2. The summed E-state index contributed by atoms with van der Waals surface area (Å²) in [6, 6.07) is 7.57. The van der Waals surface area contributed by atoms with Crippen molar-refractivity contribution >= 4 is 11.8 Å². The smallest absolute Gasteiger partial charge is 0.254 e. The van der Waals surface area contributed by atoms with Gasteiger partial charge in [0.2, 0.25) is 5.91 Å². The van der Waals surface area contributed by atoms with Gasteiger partial charge in [-0.05, 0) is 38.0 Å². The van der Waals surface area contributed by atoms with E-state index in [1.54, 1.807) is 4.90 Å². The van der Waals surface area contributed by atoms with Crippen LogP contribution >= 0.6 is 0 Å². The molecule has 1 saturated heterocycles. The van der Waals surface area contributed by atoms with Gasteiger partial charge < -0.3 is 9.80 Å². The lowest BCUT2D eigenvalue weighted by Crippen LogP contribution is -2.32. The largest absolute Gasteiger partial charge is 0.338 e. The molecule has 0 saturated carbocycles. The summed E-state index contributed by atoms with van der Waals surface area (Å²) in [4.78, 5) is 27.7. The molecule has 0 N–H and O–H groups in total. The molecule has 2 rings (SSSR count). The first-order valence-corrected chi connectivity index (χ1v) is 7.81. The molecule has 4 heteroatoms. The third-order valence-electron chi connectivity index (χ3n) is 3.88. The second kappa shape index (κ2) is 7.25. The van der Waals surface area contributed by atoms with E-state index in [1.165, 1.54) is 0 Å². The Hall–Kier alpha value is -2.10. The average Bonchev–Trinajstić information content (AvgIpc) is 2.90. The van der Waals surface area contributed by atoms with Gasteiger partial charge in [0.05, 0.1) is 0 Å². The molecule has 0 aromatic heterocycles. The van der Waals surface area contributed by atoms with Crippen LogP contribution < -0.4 is 0 Å². The van der Waals surface area contributed by atoms with Crippen LogP contribution in [0.2, 0.25) is 0 Å². The van der Waals surface area contributed by atoms with Crippen LogP contribution in [0, 0.1) is 0 Å². The second-order valence-electron chi connectivity index (χ2n) is 5.89. The van der Waals surface area contributed by atoms with Gasteiger partial charge in [0.1, 0.15) is 0 Å². The van der Waals surface area contributed by atoms with Crippen molar-refractivity contribution < 1.29 is 9.59 Å². The Labute approximate surface area is 132 Å². The number of benzene rings is 1. The van der Waals surface area contributed by atoms with Gasteiger partial charge in [-0.2, -0.15) is 0 Å². The van der Waals surface area contributed by atoms with Gasteiger partial charge in [0.25, 0.3) is 5.91 Å². The fourth-order valence-corrected chi connectivity index (χ4v) is 2.68. The van der Waals surface area contributed by atoms with Crippen LogP contribution in [-0.4, -0.2) is 41.2 Å². The predicted molar refractivity (Wildman–Crippen MR) is 87.5 cm³/mol. The molecule has 1 aromatic rings. The zero-order chi connectivity index (χ0) is 16.1. The van der Waals surface area contributed by atoms with Crippen molar-refractivity contribution in [1.82, 2.24) is 9.80 Å². The van der Waals surface area contributed by atoms with Crippen molar-refractivity contribution in [3.8, 4) is 0 Å². The Balaban J connectivity index is 2.02. The third-order valence-corrected chi connectivity index (χ3v) is 3.88. The average molecular weight is 300 g/mol. The maximum absolute atomic E-state index is 12.4. The van der Waals surface area contributed by atoms with Gasteiger partial charge in [-0.25, -0.2) is 0 Å². The molecule has 118 valence electrons. The van der Waals surface area contributed by atoms with Gasteiger partial charge in [0.15, 0.2) is 0 Å². The van der Waals surface area contributed by atoms with Crippen molar-refractivity contribution in [2.45, 2.75) is 33.2 Å². The predicted octanol–water partition coefficient (Wildman–Crippen LogP) is 2.85. The molecular weight excluding hydrogens is 276 g/mol. The van der Waals surface area contributed by atoms with E-state index in [4.69, 9.17) is 0 Å². The number of nitrogens with zero attached hydrogens (tertiary/aromatic N) is 2. The number of carbonyl (C=O) groups excluding carboxylic acids is 2. The zero-order valence-corrected chi connectivity index (χ0v) is 13.5. The summed E-state index contributed by atoms with van der Waals surface area (Å²) in [6.45, 7) is 10.5. The minimum absolute atomic E-state index is 0.0225. The summed E-state index contributed by atoms with van der Waals surface area (Å²) >= 11 is 0. The highest BCUT2D eigenvalue weighted by molar-refractivity contribution is 5.94. The molecule has 1 aliphatic rings. The molecule has 0 unspecified atom stereocenters. The summed E-state index contributed by atoms with van der Waals surface area (Å²) in [5, 5.41) is 0. The van der Waals surface area contributed by atoms with E-state index in [9.17, 15) is 9.59 Å². The molecule has 0 atom stereocenters. The molecule has 1 aliphatic heterocycles. The van der Waals surface area contributed by atoms with E-state index in [0.29, 0.717) is 31.6 Å². The minimum Gasteiger partial charge on any atom is -0.338 e. The van der Waals surface area contributed by atoms with Crippen molar-refractivity contribution in [2.75, 3.05) is 19.6 Å². The molecule has 1 fully saturated rings. The van der Waals surface area contributed by atoms with E-state index < -0.39 is 0 Å². The van der Waals surface area contributed by atoms with E-state index in [1.807, 2.05) is 43.0 Å². The molecule has 2 amide bonds. The first-order chi connectivity index (χ1) is 10.5. The van der Waals surface area contributed by atoms with Gasteiger partial charge in [0, 0.05) is 38.2 Å². The van der Waals surface area contributed by atoms with Crippen LogP contribution in [0.5, 0.6) is 0 Å². The second-order valence-corrected chi connectivity index (χ2v) is 5.89. The maximum atomic E-state index is 12.4. The molecule has 4 nitrogen and oxygen atoms in total. The topological polar surface area (TPSA) is 40.6 Å². The Morgan fingerprint density at radius 2 is 2.00 bits per heavy atom. The molecule has 1 heterocycles. The van der Waals surface area contributed by atoms with Crippen LogP contribution in [0.3, 0.4) is 0 Å². The number of likely N-dealkylation sites (tertiary alicyclic amines) is 1.